The van der Waals surface area contributed by atoms with Crippen LogP contribution in [-0.2, 0) is 28.4 Å². The minimum absolute atomic E-state index is 0.00303. The lowest BCUT2D eigenvalue weighted by Gasteiger charge is -2.24. The first kappa shape index (κ1) is 31.2. The van der Waals surface area contributed by atoms with Gasteiger partial charge in [-0.1, -0.05) is 38.9 Å². The van der Waals surface area contributed by atoms with Gasteiger partial charge in [0.2, 0.25) is 5.91 Å². The molecule has 0 radical (unpaired) electrons. The van der Waals surface area contributed by atoms with Crippen LogP contribution in [0.1, 0.15) is 37.5 Å². The second-order valence-corrected chi connectivity index (χ2v) is 11.2. The average molecular weight is 576 g/mol. The van der Waals surface area contributed by atoms with Gasteiger partial charge in [-0.2, -0.15) is 13.2 Å². The number of carbonyl (C=O) groups excluding carboxylic acids is 1. The molecule has 6 nitrogen and oxygen atoms in total. The van der Waals surface area contributed by atoms with Crippen LogP contribution in [0.5, 0.6) is 5.75 Å². The van der Waals surface area contributed by atoms with Crippen LogP contribution in [0.15, 0.2) is 48.7 Å². The van der Waals surface area contributed by atoms with Gasteiger partial charge in [0.15, 0.2) is 0 Å². The number of pyridine rings is 1. The molecule has 1 aromatic heterocycles. The summed E-state index contributed by atoms with van der Waals surface area (Å²) in [7, 11) is -0.113. The first-order valence-corrected chi connectivity index (χ1v) is 13.5. The largest absolute Gasteiger partial charge is 0.493 e. The highest BCUT2D eigenvalue weighted by Crippen LogP contribution is 2.36. The van der Waals surface area contributed by atoms with Gasteiger partial charge in [0.05, 0.1) is 24.2 Å². The van der Waals surface area contributed by atoms with Crippen molar-refractivity contribution in [3.63, 3.8) is 0 Å². The number of rotatable bonds is 11. The van der Waals surface area contributed by atoms with Gasteiger partial charge in [-0.3, -0.25) is 14.3 Å². The predicted octanol–water partition coefficient (Wildman–Crippen LogP) is 6.17. The van der Waals surface area contributed by atoms with Crippen LogP contribution in [0.2, 0.25) is 6.82 Å². The molecule has 1 heterocycles. The SMILES string of the molecule is CCOc1cc(-c2ccc(CC(=O)Nc3ccc(CC(C)(C)CO)c(C(F)(F)F)c3)c(F)c2)cnc1B(C)P=O. The molecule has 3 aromatic rings. The molecule has 0 bridgehead atoms. The summed E-state index contributed by atoms with van der Waals surface area (Å²) in [6.07, 6.45) is -3.93. The van der Waals surface area contributed by atoms with Gasteiger partial charge in [0, 0.05) is 24.1 Å². The van der Waals surface area contributed by atoms with Crippen molar-refractivity contribution in [1.82, 2.24) is 4.98 Å². The zero-order valence-electron chi connectivity index (χ0n) is 22.6. The van der Waals surface area contributed by atoms with E-state index in [4.69, 9.17) is 4.74 Å². The number of ether oxygens (including phenoxy) is 1. The van der Waals surface area contributed by atoms with Crippen LogP contribution >= 0.6 is 8.34 Å². The number of aliphatic hydroxyl groups is 1. The first-order chi connectivity index (χ1) is 18.8. The van der Waals surface area contributed by atoms with Crippen LogP contribution in [0, 0.1) is 11.2 Å². The van der Waals surface area contributed by atoms with E-state index in [1.807, 2.05) is 0 Å². The third kappa shape index (κ3) is 7.89. The Balaban J connectivity index is 1.79. The highest BCUT2D eigenvalue weighted by atomic mass is 31.1. The number of amides is 1. The Hall–Kier alpha value is -3.30. The number of carbonyl (C=O) groups is 1. The molecule has 0 saturated carbocycles. The third-order valence-electron chi connectivity index (χ3n) is 6.27. The van der Waals surface area contributed by atoms with Crippen LogP contribution < -0.4 is 15.6 Å². The molecule has 12 heteroatoms. The number of halogens is 4. The highest BCUT2D eigenvalue weighted by Gasteiger charge is 2.35. The Morgan fingerprint density at radius 2 is 1.80 bits per heavy atom. The highest BCUT2D eigenvalue weighted by molar-refractivity contribution is 7.69. The second kappa shape index (κ2) is 12.9. The summed E-state index contributed by atoms with van der Waals surface area (Å²) in [4.78, 5) is 16.9. The minimum Gasteiger partial charge on any atom is -0.493 e. The van der Waals surface area contributed by atoms with E-state index in [-0.39, 0.29) is 44.6 Å². The number of benzene rings is 2. The lowest BCUT2D eigenvalue weighted by molar-refractivity contribution is -0.138. The van der Waals surface area contributed by atoms with E-state index in [0.29, 0.717) is 29.1 Å². The molecule has 0 aliphatic carbocycles. The van der Waals surface area contributed by atoms with E-state index in [1.165, 1.54) is 30.5 Å². The van der Waals surface area contributed by atoms with Gasteiger partial charge in [-0.05, 0) is 59.7 Å². The molecular formula is C28H30BF4N2O4P. The van der Waals surface area contributed by atoms with Crippen molar-refractivity contribution in [3.05, 3.63) is 71.2 Å². The quantitative estimate of drug-likeness (QED) is 0.162. The first-order valence-electron chi connectivity index (χ1n) is 12.6. The molecule has 2 aromatic carbocycles. The molecule has 1 amide bonds. The van der Waals surface area contributed by atoms with Gasteiger partial charge in [-0.25, -0.2) is 4.39 Å². The van der Waals surface area contributed by atoms with E-state index >= 15 is 0 Å². The van der Waals surface area contributed by atoms with Crippen molar-refractivity contribution in [2.45, 2.75) is 46.6 Å². The van der Waals surface area contributed by atoms with Gasteiger partial charge >= 0.3 is 12.6 Å². The maximum absolute atomic E-state index is 15.0. The summed E-state index contributed by atoms with van der Waals surface area (Å²) in [5.74, 6) is -0.916. The summed E-state index contributed by atoms with van der Waals surface area (Å²) in [6.45, 7) is 6.91. The molecule has 0 aliphatic heterocycles. The van der Waals surface area contributed by atoms with Crippen molar-refractivity contribution in [2.75, 3.05) is 18.5 Å². The fourth-order valence-corrected chi connectivity index (χ4v) is 4.43. The molecule has 40 heavy (non-hydrogen) atoms. The molecule has 2 N–H and O–H groups in total. The molecule has 212 valence electrons. The zero-order valence-corrected chi connectivity index (χ0v) is 23.5. The Labute approximate surface area is 232 Å². The Bertz CT molecular complexity index is 1380. The van der Waals surface area contributed by atoms with E-state index in [2.05, 4.69) is 10.3 Å². The van der Waals surface area contributed by atoms with E-state index in [9.17, 15) is 32.0 Å². The van der Waals surface area contributed by atoms with Gasteiger partial charge in [0.25, 0.3) is 0 Å². The standard InChI is InChI=1S/C28H30BF4N2O4P/c1-5-39-24-11-20(15-34-26(24)29(4)40-38)17-6-7-18(23(30)10-17)12-25(37)35-21-9-8-19(14-27(2,3)16-36)22(13-21)28(31,32)33/h6-11,13,15,36H,5,12,14,16H2,1-4H3,(H,35,37). The molecular weight excluding hydrogens is 546 g/mol. The van der Waals surface area contributed by atoms with Crippen LogP contribution in [-0.4, -0.2) is 35.6 Å². The number of aliphatic hydroxyl groups excluding tert-OH is 1. The summed E-state index contributed by atoms with van der Waals surface area (Å²) >= 11 is 0. The maximum Gasteiger partial charge on any atom is 0.416 e. The van der Waals surface area contributed by atoms with Crippen molar-refractivity contribution in [3.8, 4) is 16.9 Å². The van der Waals surface area contributed by atoms with Crippen LogP contribution in [0.4, 0.5) is 23.2 Å². The second-order valence-electron chi connectivity index (χ2n) is 10.2. The van der Waals surface area contributed by atoms with E-state index < -0.39 is 35.3 Å². The zero-order chi connectivity index (χ0) is 29.7. The van der Waals surface area contributed by atoms with Crippen LogP contribution in [0.3, 0.4) is 0 Å². The summed E-state index contributed by atoms with van der Waals surface area (Å²) < 4.78 is 73.0. The van der Waals surface area contributed by atoms with Gasteiger partial charge in [0.1, 0.15) is 19.9 Å². The average Bonchev–Trinajstić information content (AvgIpc) is 2.89. The van der Waals surface area contributed by atoms with E-state index in [1.54, 1.807) is 39.7 Å². The minimum atomic E-state index is -4.66. The number of nitrogens with zero attached hydrogens (tertiary/aromatic N) is 1. The molecule has 0 fully saturated rings. The normalized spacial score (nSPS) is 11.9. The molecule has 0 saturated heterocycles. The number of hydrogen-bond acceptors (Lipinski definition) is 5. The molecule has 0 spiro atoms. The number of nitrogens with one attached hydrogen (secondary N) is 1. The monoisotopic (exact) mass is 576 g/mol. The topological polar surface area (TPSA) is 88.5 Å². The third-order valence-corrected chi connectivity index (χ3v) is 6.83. The van der Waals surface area contributed by atoms with Crippen molar-refractivity contribution in [1.29, 1.82) is 0 Å². The molecule has 3 rings (SSSR count). The van der Waals surface area contributed by atoms with Crippen molar-refractivity contribution in [2.24, 2.45) is 5.41 Å². The predicted molar refractivity (Wildman–Crippen MR) is 148 cm³/mol. The van der Waals surface area contributed by atoms with Gasteiger partial charge < -0.3 is 15.2 Å². The Morgan fingerprint density at radius 1 is 1.10 bits per heavy atom. The van der Waals surface area contributed by atoms with Crippen molar-refractivity contribution >= 4 is 32.0 Å². The fraction of sp³-hybridized carbons (Fsp3) is 0.357. The number of hydrogen-bond donors (Lipinski definition) is 2. The summed E-state index contributed by atoms with van der Waals surface area (Å²) in [5.41, 5.74) is -0.123. The van der Waals surface area contributed by atoms with Crippen molar-refractivity contribution < 1.29 is 36.8 Å². The Morgan fingerprint density at radius 3 is 2.40 bits per heavy atom. The van der Waals surface area contributed by atoms with E-state index in [0.717, 1.165) is 6.07 Å². The van der Waals surface area contributed by atoms with Gasteiger partial charge in [-0.15, -0.1) is 0 Å². The number of anilines is 1. The number of alkyl halides is 3. The smallest absolute Gasteiger partial charge is 0.416 e. The lowest BCUT2D eigenvalue weighted by atomic mass is 9.74. The maximum atomic E-state index is 15.0. The molecule has 0 atom stereocenters. The fourth-order valence-electron chi connectivity index (χ4n) is 4.14. The van der Waals surface area contributed by atoms with Crippen LogP contribution in [0.25, 0.3) is 11.1 Å². The number of aromatic nitrogens is 1. The Kier molecular flexibility index (Phi) is 10.1. The summed E-state index contributed by atoms with van der Waals surface area (Å²) in [6, 6.07) is 9.43. The summed E-state index contributed by atoms with van der Waals surface area (Å²) in [5, 5.41) is 11.9. The lowest BCUT2D eigenvalue weighted by Crippen LogP contribution is -2.26. The molecule has 0 unspecified atom stereocenters. The molecule has 0 aliphatic rings.